The van der Waals surface area contributed by atoms with Crippen LogP contribution in [0.15, 0.2) is 48.5 Å². The Bertz CT molecular complexity index is 454. The average Bonchev–Trinajstić information content (AvgIpc) is 2.42. The fourth-order valence-electron chi connectivity index (χ4n) is 1.37. The van der Waals surface area contributed by atoms with E-state index in [1.54, 1.807) is 0 Å². The zero-order chi connectivity index (χ0) is 13.5. The lowest BCUT2D eigenvalue weighted by Crippen LogP contribution is -2.01. The highest BCUT2D eigenvalue weighted by molar-refractivity contribution is 6.08. The van der Waals surface area contributed by atoms with Crippen LogP contribution in [0.4, 0.5) is 8.78 Å². The van der Waals surface area contributed by atoms with Gasteiger partial charge in [0, 0.05) is 11.1 Å². The van der Waals surface area contributed by atoms with Gasteiger partial charge < -0.3 is 0 Å². The second-order valence-corrected chi connectivity index (χ2v) is 3.34. The summed E-state index contributed by atoms with van der Waals surface area (Å²) in [6.07, 6.45) is 0. The molecule has 0 aliphatic heterocycles. The van der Waals surface area contributed by atoms with Gasteiger partial charge in [0.2, 0.25) is 0 Å². The Morgan fingerprint density at radius 3 is 1.28 bits per heavy atom. The SMILES string of the molecule is CC.O=C(c1ccc(F)cc1)c1ccc(F)cc1. The van der Waals surface area contributed by atoms with E-state index < -0.39 is 11.6 Å². The van der Waals surface area contributed by atoms with Crippen molar-refractivity contribution in [1.29, 1.82) is 0 Å². The monoisotopic (exact) mass is 248 g/mol. The Labute approximate surface area is 105 Å². The van der Waals surface area contributed by atoms with E-state index in [9.17, 15) is 13.6 Å². The highest BCUT2D eigenvalue weighted by Crippen LogP contribution is 2.11. The zero-order valence-corrected chi connectivity index (χ0v) is 10.3. The molecule has 2 rings (SSSR count). The first kappa shape index (κ1) is 14.0. The molecule has 18 heavy (non-hydrogen) atoms. The summed E-state index contributed by atoms with van der Waals surface area (Å²) in [4.78, 5) is 11.8. The molecule has 0 saturated heterocycles. The van der Waals surface area contributed by atoms with Gasteiger partial charge >= 0.3 is 0 Å². The van der Waals surface area contributed by atoms with Crippen molar-refractivity contribution < 1.29 is 13.6 Å². The van der Waals surface area contributed by atoms with Crippen molar-refractivity contribution in [2.24, 2.45) is 0 Å². The predicted molar refractivity (Wildman–Crippen MR) is 67.6 cm³/mol. The number of ketones is 1. The lowest BCUT2D eigenvalue weighted by molar-refractivity contribution is 0.103. The first-order chi connectivity index (χ1) is 8.66. The normalized spacial score (nSPS) is 9.33. The van der Waals surface area contributed by atoms with E-state index in [1.165, 1.54) is 48.5 Å². The topological polar surface area (TPSA) is 17.1 Å². The number of rotatable bonds is 2. The molecule has 0 unspecified atom stereocenters. The number of hydrogen-bond donors (Lipinski definition) is 0. The highest BCUT2D eigenvalue weighted by Gasteiger charge is 2.08. The summed E-state index contributed by atoms with van der Waals surface area (Å²) in [6, 6.07) is 10.5. The van der Waals surface area contributed by atoms with Crippen LogP contribution >= 0.6 is 0 Å². The number of benzene rings is 2. The van der Waals surface area contributed by atoms with Crippen LogP contribution in [0.25, 0.3) is 0 Å². The van der Waals surface area contributed by atoms with Crippen molar-refractivity contribution in [1.82, 2.24) is 0 Å². The van der Waals surface area contributed by atoms with Crippen LogP contribution in [0.2, 0.25) is 0 Å². The summed E-state index contributed by atoms with van der Waals surface area (Å²) < 4.78 is 25.3. The lowest BCUT2D eigenvalue weighted by atomic mass is 10.0. The van der Waals surface area contributed by atoms with Crippen molar-refractivity contribution in [2.45, 2.75) is 13.8 Å². The summed E-state index contributed by atoms with van der Waals surface area (Å²) in [5.74, 6) is -1.04. The molecule has 0 radical (unpaired) electrons. The Kier molecular flexibility index (Phi) is 5.18. The average molecular weight is 248 g/mol. The van der Waals surface area contributed by atoms with Crippen LogP contribution in [-0.4, -0.2) is 5.78 Å². The predicted octanol–water partition coefficient (Wildman–Crippen LogP) is 4.22. The minimum absolute atomic E-state index is 0.250. The van der Waals surface area contributed by atoms with Gasteiger partial charge in [-0.2, -0.15) is 0 Å². The molecule has 0 aliphatic rings. The van der Waals surface area contributed by atoms with Crippen LogP contribution in [0.1, 0.15) is 29.8 Å². The zero-order valence-electron chi connectivity index (χ0n) is 10.3. The van der Waals surface area contributed by atoms with Crippen LogP contribution < -0.4 is 0 Å². The van der Waals surface area contributed by atoms with E-state index in [2.05, 4.69) is 0 Å². The van der Waals surface area contributed by atoms with Gasteiger partial charge in [-0.25, -0.2) is 8.78 Å². The second-order valence-electron chi connectivity index (χ2n) is 3.34. The molecular formula is C15H14F2O. The lowest BCUT2D eigenvalue weighted by Gasteiger charge is -2.00. The molecule has 3 heteroatoms. The molecule has 0 aromatic heterocycles. The first-order valence-corrected chi connectivity index (χ1v) is 5.72. The molecule has 0 atom stereocenters. The van der Waals surface area contributed by atoms with E-state index >= 15 is 0 Å². The van der Waals surface area contributed by atoms with Gasteiger partial charge in [0.25, 0.3) is 0 Å². The molecule has 2 aromatic carbocycles. The second kappa shape index (κ2) is 6.64. The number of halogens is 2. The van der Waals surface area contributed by atoms with Gasteiger partial charge in [-0.1, -0.05) is 13.8 Å². The minimum Gasteiger partial charge on any atom is -0.289 e. The van der Waals surface area contributed by atoms with E-state index in [1.807, 2.05) is 13.8 Å². The standard InChI is InChI=1S/C13H8F2O.C2H6/c14-11-5-1-9(2-6-11)13(16)10-3-7-12(15)8-4-10;1-2/h1-8H;1-2H3. The van der Waals surface area contributed by atoms with E-state index in [-0.39, 0.29) is 5.78 Å². The summed E-state index contributed by atoms with van der Waals surface area (Å²) in [5.41, 5.74) is 0.765. The van der Waals surface area contributed by atoms with Gasteiger partial charge in [0.05, 0.1) is 0 Å². The maximum absolute atomic E-state index is 12.6. The van der Waals surface area contributed by atoms with Crippen LogP contribution in [0, 0.1) is 11.6 Å². The van der Waals surface area contributed by atoms with Crippen LogP contribution in [-0.2, 0) is 0 Å². The van der Waals surface area contributed by atoms with E-state index in [0.29, 0.717) is 11.1 Å². The van der Waals surface area contributed by atoms with Crippen LogP contribution in [0.5, 0.6) is 0 Å². The Balaban J connectivity index is 0.000000771. The molecule has 2 aromatic rings. The van der Waals surface area contributed by atoms with E-state index in [4.69, 9.17) is 0 Å². The van der Waals surface area contributed by atoms with Crippen molar-refractivity contribution in [3.05, 3.63) is 71.3 Å². The highest BCUT2D eigenvalue weighted by atomic mass is 19.1. The number of carbonyl (C=O) groups is 1. The molecule has 0 N–H and O–H groups in total. The first-order valence-electron chi connectivity index (χ1n) is 5.72. The third kappa shape index (κ3) is 3.48. The molecule has 94 valence electrons. The molecule has 0 fully saturated rings. The molecule has 0 saturated carbocycles. The van der Waals surface area contributed by atoms with Gasteiger partial charge in [0.15, 0.2) is 5.78 Å². The summed E-state index contributed by atoms with van der Waals surface area (Å²) in [5, 5.41) is 0. The van der Waals surface area contributed by atoms with Crippen molar-refractivity contribution in [3.8, 4) is 0 Å². The fraction of sp³-hybridized carbons (Fsp3) is 0.133. The van der Waals surface area contributed by atoms with Gasteiger partial charge in [-0.15, -0.1) is 0 Å². The fourth-order valence-corrected chi connectivity index (χ4v) is 1.37. The summed E-state index contributed by atoms with van der Waals surface area (Å²) in [7, 11) is 0. The third-order valence-electron chi connectivity index (χ3n) is 2.21. The number of hydrogen-bond acceptors (Lipinski definition) is 1. The Morgan fingerprint density at radius 1 is 0.722 bits per heavy atom. The molecule has 1 nitrogen and oxygen atoms in total. The van der Waals surface area contributed by atoms with Crippen LogP contribution in [0.3, 0.4) is 0 Å². The summed E-state index contributed by atoms with van der Waals surface area (Å²) >= 11 is 0. The van der Waals surface area contributed by atoms with Crippen molar-refractivity contribution in [2.75, 3.05) is 0 Å². The van der Waals surface area contributed by atoms with Crippen molar-refractivity contribution in [3.63, 3.8) is 0 Å². The summed E-state index contributed by atoms with van der Waals surface area (Å²) in [6.45, 7) is 4.00. The smallest absolute Gasteiger partial charge is 0.193 e. The molecule has 0 heterocycles. The third-order valence-corrected chi connectivity index (χ3v) is 2.21. The quantitative estimate of drug-likeness (QED) is 0.727. The molecular weight excluding hydrogens is 234 g/mol. The van der Waals surface area contributed by atoms with Gasteiger partial charge in [-0.05, 0) is 48.5 Å². The minimum atomic E-state index is -0.393. The number of carbonyl (C=O) groups excluding carboxylic acids is 1. The molecule has 0 bridgehead atoms. The van der Waals surface area contributed by atoms with Gasteiger partial charge in [0.1, 0.15) is 11.6 Å². The van der Waals surface area contributed by atoms with Crippen molar-refractivity contribution >= 4 is 5.78 Å². The molecule has 0 spiro atoms. The Morgan fingerprint density at radius 2 is 1.00 bits per heavy atom. The maximum Gasteiger partial charge on any atom is 0.193 e. The maximum atomic E-state index is 12.6. The van der Waals surface area contributed by atoms with E-state index in [0.717, 1.165) is 0 Å². The molecule has 0 aliphatic carbocycles. The molecule has 0 amide bonds. The largest absolute Gasteiger partial charge is 0.289 e. The van der Waals surface area contributed by atoms with Gasteiger partial charge in [-0.3, -0.25) is 4.79 Å². The Hall–Kier alpha value is -2.03.